The van der Waals surface area contributed by atoms with Crippen LogP contribution in [0.25, 0.3) is 16.7 Å². The number of hydrogen-bond acceptors (Lipinski definition) is 1. The quantitative estimate of drug-likeness (QED) is 0.583. The molecule has 2 aromatic heterocycles. The Kier molecular flexibility index (Phi) is 1.92. The lowest BCUT2D eigenvalue weighted by Gasteiger charge is -2.06. The van der Waals surface area contributed by atoms with Gasteiger partial charge in [0.2, 0.25) is 0 Å². The van der Waals surface area contributed by atoms with Crippen molar-refractivity contribution in [2.45, 2.75) is 6.18 Å². The fraction of sp³-hybridized carbons (Fsp3) is 0.0833. The molecule has 0 radical (unpaired) electrons. The first-order valence-corrected chi connectivity index (χ1v) is 5.00. The van der Waals surface area contributed by atoms with Gasteiger partial charge in [0.15, 0.2) is 0 Å². The number of aromatic nitrogens is 2. The number of alkyl halides is 3. The van der Waals surface area contributed by atoms with Crippen molar-refractivity contribution in [2.24, 2.45) is 0 Å². The van der Waals surface area contributed by atoms with Crippen LogP contribution < -0.4 is 0 Å². The lowest BCUT2D eigenvalue weighted by molar-refractivity contribution is -0.137. The van der Waals surface area contributed by atoms with Gasteiger partial charge in [0.25, 0.3) is 0 Å². The Hall–Kier alpha value is -2.04. The third kappa shape index (κ3) is 1.54. The van der Waals surface area contributed by atoms with Crippen molar-refractivity contribution in [3.63, 3.8) is 0 Å². The Morgan fingerprint density at radius 2 is 1.76 bits per heavy atom. The predicted octanol–water partition coefficient (Wildman–Crippen LogP) is 3.51. The molecule has 2 heterocycles. The Morgan fingerprint density at radius 1 is 1.00 bits per heavy atom. The average molecular weight is 236 g/mol. The first-order chi connectivity index (χ1) is 8.05. The van der Waals surface area contributed by atoms with E-state index in [2.05, 4.69) is 4.98 Å². The highest BCUT2D eigenvalue weighted by atomic mass is 19.4. The molecule has 0 saturated carbocycles. The van der Waals surface area contributed by atoms with Crippen LogP contribution in [0, 0.1) is 0 Å². The van der Waals surface area contributed by atoms with E-state index < -0.39 is 11.7 Å². The van der Waals surface area contributed by atoms with Gasteiger partial charge in [-0.15, -0.1) is 0 Å². The molecular formula is C12H7F3N2. The molecule has 0 aliphatic heterocycles. The zero-order chi connectivity index (χ0) is 12.0. The number of nitrogens with zero attached hydrogens (tertiary/aromatic N) is 2. The summed E-state index contributed by atoms with van der Waals surface area (Å²) in [7, 11) is 0. The highest BCUT2D eigenvalue weighted by Crippen LogP contribution is 2.30. The van der Waals surface area contributed by atoms with Crippen LogP contribution in [0.5, 0.6) is 0 Å². The molecule has 0 fully saturated rings. The van der Waals surface area contributed by atoms with Gasteiger partial charge in [-0.05, 0) is 24.3 Å². The number of imidazole rings is 1. The van der Waals surface area contributed by atoms with Crippen LogP contribution >= 0.6 is 0 Å². The van der Waals surface area contributed by atoms with Crippen LogP contribution in [-0.2, 0) is 6.18 Å². The molecule has 0 unspecified atom stereocenters. The fourth-order valence-electron chi connectivity index (χ4n) is 1.83. The van der Waals surface area contributed by atoms with E-state index in [1.165, 1.54) is 10.5 Å². The van der Waals surface area contributed by atoms with E-state index in [9.17, 15) is 13.2 Å². The molecule has 3 rings (SSSR count). The number of pyridine rings is 1. The average Bonchev–Trinajstić information content (AvgIpc) is 2.65. The van der Waals surface area contributed by atoms with Gasteiger partial charge in [0.1, 0.15) is 5.65 Å². The van der Waals surface area contributed by atoms with Gasteiger partial charge in [-0.1, -0.05) is 12.1 Å². The summed E-state index contributed by atoms with van der Waals surface area (Å²) in [5.41, 5.74) is 1.20. The smallest absolute Gasteiger partial charge is 0.299 e. The van der Waals surface area contributed by atoms with Crippen molar-refractivity contribution in [3.05, 3.63) is 48.2 Å². The molecule has 1 aromatic carbocycles. The Morgan fingerprint density at radius 3 is 2.53 bits per heavy atom. The summed E-state index contributed by atoms with van der Waals surface area (Å²) in [4.78, 5) is 4.23. The summed E-state index contributed by atoms with van der Waals surface area (Å²) in [5.74, 6) is 0. The van der Waals surface area contributed by atoms with E-state index in [1.54, 1.807) is 24.3 Å². The van der Waals surface area contributed by atoms with E-state index in [0.29, 0.717) is 16.7 Å². The number of halogens is 3. The lowest BCUT2D eigenvalue weighted by atomic mass is 10.2. The van der Waals surface area contributed by atoms with E-state index in [0.717, 1.165) is 12.3 Å². The maximum Gasteiger partial charge on any atom is 0.417 e. The fourth-order valence-corrected chi connectivity index (χ4v) is 1.83. The summed E-state index contributed by atoms with van der Waals surface area (Å²) in [6.45, 7) is 0. The second-order valence-electron chi connectivity index (χ2n) is 3.74. The maximum absolute atomic E-state index is 12.6. The molecule has 2 nitrogen and oxygen atoms in total. The molecule has 0 atom stereocenters. The number of para-hydroxylation sites is 2. The Labute approximate surface area is 94.3 Å². The highest BCUT2D eigenvalue weighted by Gasteiger charge is 2.30. The van der Waals surface area contributed by atoms with Crippen LogP contribution in [-0.4, -0.2) is 9.38 Å². The first-order valence-electron chi connectivity index (χ1n) is 5.00. The third-order valence-electron chi connectivity index (χ3n) is 2.63. The van der Waals surface area contributed by atoms with Gasteiger partial charge >= 0.3 is 6.18 Å². The van der Waals surface area contributed by atoms with Crippen molar-refractivity contribution in [3.8, 4) is 0 Å². The standard InChI is InChI=1S/C12H7F3N2/c13-12(14,15)8-5-6-11-16-9-3-1-2-4-10(9)17(11)7-8/h1-7H. The normalized spacial score (nSPS) is 12.4. The lowest BCUT2D eigenvalue weighted by Crippen LogP contribution is -2.06. The molecule has 0 N–H and O–H groups in total. The molecule has 0 saturated heterocycles. The number of rotatable bonds is 0. The van der Waals surface area contributed by atoms with Gasteiger partial charge < -0.3 is 0 Å². The molecular weight excluding hydrogens is 229 g/mol. The molecule has 0 bridgehead atoms. The molecule has 3 aromatic rings. The van der Waals surface area contributed by atoms with Crippen molar-refractivity contribution >= 4 is 16.7 Å². The summed E-state index contributed by atoms with van der Waals surface area (Å²) in [6, 6.07) is 9.52. The molecule has 5 heteroatoms. The van der Waals surface area contributed by atoms with Gasteiger partial charge in [-0.3, -0.25) is 4.40 Å². The molecule has 0 aliphatic rings. The van der Waals surface area contributed by atoms with Gasteiger partial charge in [-0.2, -0.15) is 13.2 Å². The van der Waals surface area contributed by atoms with Gasteiger partial charge in [-0.25, -0.2) is 4.98 Å². The molecule has 17 heavy (non-hydrogen) atoms. The highest BCUT2D eigenvalue weighted by molar-refractivity contribution is 5.80. The van der Waals surface area contributed by atoms with Gasteiger partial charge in [0, 0.05) is 6.20 Å². The van der Waals surface area contributed by atoms with Gasteiger partial charge in [0.05, 0.1) is 16.6 Å². The minimum Gasteiger partial charge on any atom is -0.299 e. The van der Waals surface area contributed by atoms with E-state index in [1.807, 2.05) is 0 Å². The van der Waals surface area contributed by atoms with E-state index >= 15 is 0 Å². The first kappa shape index (κ1) is 10.1. The summed E-state index contributed by atoms with van der Waals surface area (Å²) < 4.78 is 39.2. The largest absolute Gasteiger partial charge is 0.417 e. The van der Waals surface area contributed by atoms with Crippen molar-refractivity contribution in [1.82, 2.24) is 9.38 Å². The van der Waals surface area contributed by atoms with Crippen molar-refractivity contribution in [2.75, 3.05) is 0 Å². The maximum atomic E-state index is 12.6. The molecule has 0 aliphatic carbocycles. The second-order valence-corrected chi connectivity index (χ2v) is 3.74. The Balaban J connectivity index is 2.38. The van der Waals surface area contributed by atoms with Crippen molar-refractivity contribution < 1.29 is 13.2 Å². The zero-order valence-electron chi connectivity index (χ0n) is 8.57. The summed E-state index contributed by atoms with van der Waals surface area (Å²) in [5, 5.41) is 0. The summed E-state index contributed by atoms with van der Waals surface area (Å²) >= 11 is 0. The van der Waals surface area contributed by atoms with Crippen LogP contribution in [0.3, 0.4) is 0 Å². The minimum atomic E-state index is -4.33. The zero-order valence-corrected chi connectivity index (χ0v) is 8.57. The predicted molar refractivity (Wildman–Crippen MR) is 57.7 cm³/mol. The van der Waals surface area contributed by atoms with Crippen molar-refractivity contribution in [1.29, 1.82) is 0 Å². The number of fused-ring (bicyclic) bond motifs is 3. The van der Waals surface area contributed by atoms with Crippen LogP contribution in [0.15, 0.2) is 42.6 Å². The van der Waals surface area contributed by atoms with Crippen LogP contribution in [0.2, 0.25) is 0 Å². The molecule has 86 valence electrons. The summed E-state index contributed by atoms with van der Waals surface area (Å²) in [6.07, 6.45) is -3.26. The number of benzene rings is 1. The monoisotopic (exact) mass is 236 g/mol. The topological polar surface area (TPSA) is 17.3 Å². The Bertz CT molecular complexity index is 698. The third-order valence-corrected chi connectivity index (χ3v) is 2.63. The van der Waals surface area contributed by atoms with E-state index in [4.69, 9.17) is 0 Å². The van der Waals surface area contributed by atoms with Crippen LogP contribution in [0.1, 0.15) is 5.56 Å². The van der Waals surface area contributed by atoms with E-state index in [-0.39, 0.29) is 0 Å². The second kappa shape index (κ2) is 3.23. The van der Waals surface area contributed by atoms with Crippen LogP contribution in [0.4, 0.5) is 13.2 Å². The molecule has 0 spiro atoms. The SMILES string of the molecule is FC(F)(F)c1ccc2nc3ccccc3n2c1. The molecule has 0 amide bonds. The number of hydrogen-bond donors (Lipinski definition) is 0. The minimum absolute atomic E-state index is 0.513.